The SMILES string of the molecule is S=C=Nc1ccccc1-n1cccn1. The van der Waals surface area contributed by atoms with Gasteiger partial charge in [-0.25, -0.2) is 4.68 Å². The number of rotatable bonds is 2. The lowest BCUT2D eigenvalue weighted by Gasteiger charge is -2.03. The fourth-order valence-corrected chi connectivity index (χ4v) is 1.31. The summed E-state index contributed by atoms with van der Waals surface area (Å²) in [6.07, 6.45) is 3.58. The molecule has 0 spiro atoms. The molecule has 0 saturated carbocycles. The Kier molecular flexibility index (Phi) is 2.49. The number of aliphatic imine (C=N–C) groups is 1. The van der Waals surface area contributed by atoms with E-state index in [1.165, 1.54) is 0 Å². The first kappa shape index (κ1) is 8.81. The summed E-state index contributed by atoms with van der Waals surface area (Å²) in [7, 11) is 0. The average molecular weight is 201 g/mol. The van der Waals surface area contributed by atoms with Gasteiger partial charge in [0.1, 0.15) is 0 Å². The summed E-state index contributed by atoms with van der Waals surface area (Å²) in [5.74, 6) is 0. The van der Waals surface area contributed by atoms with Crippen LogP contribution in [0, 0.1) is 0 Å². The first-order valence-electron chi connectivity index (χ1n) is 4.09. The number of hydrogen-bond acceptors (Lipinski definition) is 3. The van der Waals surface area contributed by atoms with Gasteiger partial charge in [-0.1, -0.05) is 12.1 Å². The summed E-state index contributed by atoms with van der Waals surface area (Å²) in [5, 5.41) is 6.48. The zero-order valence-corrected chi connectivity index (χ0v) is 8.11. The Hall–Kier alpha value is -1.77. The van der Waals surface area contributed by atoms with E-state index in [1.807, 2.05) is 36.5 Å². The van der Waals surface area contributed by atoms with Gasteiger partial charge in [0, 0.05) is 12.4 Å². The maximum atomic E-state index is 4.58. The minimum Gasteiger partial charge on any atom is -0.239 e. The van der Waals surface area contributed by atoms with Gasteiger partial charge in [-0.05, 0) is 30.4 Å². The van der Waals surface area contributed by atoms with E-state index in [0.29, 0.717) is 0 Å². The van der Waals surface area contributed by atoms with Gasteiger partial charge in [0.2, 0.25) is 0 Å². The predicted molar refractivity (Wildman–Crippen MR) is 58.3 cm³/mol. The molecule has 0 unspecified atom stereocenters. The van der Waals surface area contributed by atoms with Crippen LogP contribution < -0.4 is 0 Å². The molecular weight excluding hydrogens is 194 g/mol. The van der Waals surface area contributed by atoms with Crippen molar-refractivity contribution in [2.24, 2.45) is 4.99 Å². The van der Waals surface area contributed by atoms with Crippen LogP contribution >= 0.6 is 12.2 Å². The second-order valence-electron chi connectivity index (χ2n) is 2.64. The van der Waals surface area contributed by atoms with Gasteiger partial charge in [-0.15, -0.1) is 0 Å². The highest BCUT2D eigenvalue weighted by atomic mass is 32.1. The van der Waals surface area contributed by atoms with Crippen molar-refractivity contribution in [3.8, 4) is 5.69 Å². The molecule has 0 aliphatic heterocycles. The molecule has 14 heavy (non-hydrogen) atoms. The molecule has 0 N–H and O–H groups in total. The highest BCUT2D eigenvalue weighted by Crippen LogP contribution is 2.21. The Labute approximate surface area is 86.7 Å². The summed E-state index contributed by atoms with van der Waals surface area (Å²) in [4.78, 5) is 3.97. The van der Waals surface area contributed by atoms with E-state index < -0.39 is 0 Å². The molecular formula is C10H7N3S. The van der Waals surface area contributed by atoms with Gasteiger partial charge < -0.3 is 0 Å². The third-order valence-corrected chi connectivity index (χ3v) is 1.89. The van der Waals surface area contributed by atoms with E-state index in [2.05, 4.69) is 27.5 Å². The minimum atomic E-state index is 0.770. The van der Waals surface area contributed by atoms with Crippen LogP contribution in [-0.4, -0.2) is 14.9 Å². The second kappa shape index (κ2) is 3.96. The van der Waals surface area contributed by atoms with Crippen molar-refractivity contribution in [1.29, 1.82) is 0 Å². The summed E-state index contributed by atoms with van der Waals surface area (Å²) in [6, 6.07) is 9.49. The van der Waals surface area contributed by atoms with E-state index in [9.17, 15) is 0 Å². The lowest BCUT2D eigenvalue weighted by molar-refractivity contribution is 0.881. The first-order chi connectivity index (χ1) is 6.92. The molecule has 0 saturated heterocycles. The van der Waals surface area contributed by atoms with Crippen LogP contribution in [0.15, 0.2) is 47.7 Å². The van der Waals surface area contributed by atoms with Gasteiger partial charge in [-0.2, -0.15) is 10.1 Å². The molecule has 0 amide bonds. The molecule has 0 aliphatic carbocycles. The minimum absolute atomic E-state index is 0.770. The number of nitrogens with zero attached hydrogens (tertiary/aromatic N) is 3. The number of isothiocyanates is 1. The van der Waals surface area contributed by atoms with Crippen LogP contribution in [-0.2, 0) is 0 Å². The van der Waals surface area contributed by atoms with Crippen LogP contribution in [0.4, 0.5) is 5.69 Å². The fraction of sp³-hybridized carbons (Fsp3) is 0. The van der Waals surface area contributed by atoms with Gasteiger partial charge in [0.15, 0.2) is 0 Å². The van der Waals surface area contributed by atoms with Crippen molar-refractivity contribution in [1.82, 2.24) is 9.78 Å². The molecule has 1 aromatic carbocycles. The highest BCUT2D eigenvalue weighted by molar-refractivity contribution is 7.78. The first-order valence-corrected chi connectivity index (χ1v) is 4.49. The smallest absolute Gasteiger partial charge is 0.0996 e. The summed E-state index contributed by atoms with van der Waals surface area (Å²) in [5.41, 5.74) is 1.67. The van der Waals surface area contributed by atoms with Crippen molar-refractivity contribution in [3.05, 3.63) is 42.7 Å². The van der Waals surface area contributed by atoms with Crippen LogP contribution in [0.2, 0.25) is 0 Å². The molecule has 0 bridgehead atoms. The van der Waals surface area contributed by atoms with E-state index in [4.69, 9.17) is 0 Å². The van der Waals surface area contributed by atoms with Gasteiger partial charge in [-0.3, -0.25) is 0 Å². The molecule has 1 heterocycles. The molecule has 0 aliphatic rings. The van der Waals surface area contributed by atoms with Crippen LogP contribution in [0.3, 0.4) is 0 Å². The normalized spacial score (nSPS) is 9.43. The van der Waals surface area contributed by atoms with Crippen molar-refractivity contribution in [2.45, 2.75) is 0 Å². The largest absolute Gasteiger partial charge is 0.239 e. The summed E-state index contributed by atoms with van der Waals surface area (Å²) >= 11 is 4.58. The number of thiocarbonyl (C=S) groups is 1. The molecule has 0 atom stereocenters. The molecule has 2 aromatic rings. The molecule has 3 nitrogen and oxygen atoms in total. The van der Waals surface area contributed by atoms with Crippen LogP contribution in [0.5, 0.6) is 0 Å². The lowest BCUT2D eigenvalue weighted by Crippen LogP contribution is -1.93. The zero-order valence-electron chi connectivity index (χ0n) is 7.29. The van der Waals surface area contributed by atoms with Gasteiger partial charge >= 0.3 is 0 Å². The van der Waals surface area contributed by atoms with Crippen molar-refractivity contribution >= 4 is 23.1 Å². The average Bonchev–Trinajstić information content (AvgIpc) is 2.72. The van der Waals surface area contributed by atoms with Gasteiger partial charge in [0.05, 0.1) is 16.5 Å². The molecule has 68 valence electrons. The van der Waals surface area contributed by atoms with E-state index in [1.54, 1.807) is 10.9 Å². The quantitative estimate of drug-likeness (QED) is 0.552. The van der Waals surface area contributed by atoms with E-state index >= 15 is 0 Å². The maximum absolute atomic E-state index is 4.58. The standard InChI is InChI=1S/C10H7N3S/c14-8-11-9-4-1-2-5-10(9)13-7-3-6-12-13/h1-7H. The van der Waals surface area contributed by atoms with Crippen molar-refractivity contribution < 1.29 is 0 Å². The van der Waals surface area contributed by atoms with E-state index in [0.717, 1.165) is 11.4 Å². The Morgan fingerprint density at radius 3 is 2.86 bits per heavy atom. The third kappa shape index (κ3) is 1.62. The van der Waals surface area contributed by atoms with Gasteiger partial charge in [0.25, 0.3) is 0 Å². The molecule has 4 heteroatoms. The molecule has 2 rings (SSSR count). The maximum Gasteiger partial charge on any atom is 0.0996 e. The number of para-hydroxylation sites is 2. The third-order valence-electron chi connectivity index (χ3n) is 1.80. The Bertz CT molecular complexity index is 470. The summed E-state index contributed by atoms with van der Waals surface area (Å²) in [6.45, 7) is 0. The lowest BCUT2D eigenvalue weighted by atomic mass is 10.3. The fourth-order valence-electron chi connectivity index (χ4n) is 1.21. The zero-order chi connectivity index (χ0) is 9.80. The monoisotopic (exact) mass is 201 g/mol. The molecule has 0 fully saturated rings. The summed E-state index contributed by atoms with van der Waals surface area (Å²) < 4.78 is 1.74. The number of hydrogen-bond donors (Lipinski definition) is 0. The number of benzene rings is 1. The van der Waals surface area contributed by atoms with Crippen molar-refractivity contribution in [3.63, 3.8) is 0 Å². The Morgan fingerprint density at radius 1 is 1.29 bits per heavy atom. The van der Waals surface area contributed by atoms with Crippen molar-refractivity contribution in [2.75, 3.05) is 0 Å². The van der Waals surface area contributed by atoms with Crippen LogP contribution in [0.1, 0.15) is 0 Å². The molecule has 0 radical (unpaired) electrons. The topological polar surface area (TPSA) is 30.2 Å². The highest BCUT2D eigenvalue weighted by Gasteiger charge is 2.01. The predicted octanol–water partition coefficient (Wildman–Crippen LogP) is 2.61. The Balaban J connectivity index is 2.57. The Morgan fingerprint density at radius 2 is 2.14 bits per heavy atom. The van der Waals surface area contributed by atoms with Crippen LogP contribution in [0.25, 0.3) is 5.69 Å². The number of aromatic nitrogens is 2. The molecule has 1 aromatic heterocycles. The second-order valence-corrected chi connectivity index (χ2v) is 2.83. The van der Waals surface area contributed by atoms with E-state index in [-0.39, 0.29) is 0 Å².